The zero-order valence-corrected chi connectivity index (χ0v) is 15.0. The third-order valence-corrected chi connectivity index (χ3v) is 4.50. The van der Waals surface area contributed by atoms with Crippen LogP contribution in [0.4, 0.5) is 5.69 Å². The Balaban J connectivity index is 1.40. The number of anilines is 1. The Labute approximate surface area is 152 Å². The molecule has 2 aromatic rings. The van der Waals surface area contributed by atoms with Crippen LogP contribution in [0.1, 0.15) is 12.8 Å². The van der Waals surface area contributed by atoms with E-state index in [1.807, 2.05) is 35.2 Å². The molecule has 26 heavy (non-hydrogen) atoms. The lowest BCUT2D eigenvalue weighted by Crippen LogP contribution is -2.49. The second-order valence-electron chi connectivity index (χ2n) is 6.31. The Morgan fingerprint density at radius 1 is 1.15 bits per heavy atom. The minimum absolute atomic E-state index is 0.126. The van der Waals surface area contributed by atoms with Gasteiger partial charge in [0.05, 0.1) is 18.5 Å². The fraction of sp³-hybridized carbons (Fsp3) is 0.421. The third kappa shape index (κ3) is 4.62. The average molecular weight is 356 g/mol. The van der Waals surface area contributed by atoms with Crippen LogP contribution in [-0.4, -0.2) is 53.4 Å². The van der Waals surface area contributed by atoms with Crippen molar-refractivity contribution < 1.29 is 9.53 Å². The van der Waals surface area contributed by atoms with Crippen molar-refractivity contribution in [1.82, 2.24) is 14.7 Å². The number of aryl methyl sites for hydroxylation is 1. The van der Waals surface area contributed by atoms with Gasteiger partial charge >= 0.3 is 0 Å². The van der Waals surface area contributed by atoms with Gasteiger partial charge < -0.3 is 14.5 Å². The predicted molar refractivity (Wildman–Crippen MR) is 99.4 cm³/mol. The summed E-state index contributed by atoms with van der Waals surface area (Å²) >= 11 is 0. The quantitative estimate of drug-likeness (QED) is 0.730. The Bertz CT molecular complexity index is 783. The molecule has 7 nitrogen and oxygen atoms in total. The van der Waals surface area contributed by atoms with Crippen molar-refractivity contribution in [1.29, 1.82) is 0 Å². The zero-order chi connectivity index (χ0) is 18.4. The van der Waals surface area contributed by atoms with E-state index in [2.05, 4.69) is 10.00 Å². The molecule has 1 aliphatic rings. The zero-order valence-electron chi connectivity index (χ0n) is 15.0. The first-order valence-electron chi connectivity index (χ1n) is 8.87. The van der Waals surface area contributed by atoms with Gasteiger partial charge in [-0.2, -0.15) is 5.10 Å². The van der Waals surface area contributed by atoms with Gasteiger partial charge in [-0.15, -0.1) is 0 Å². The summed E-state index contributed by atoms with van der Waals surface area (Å²) in [6.45, 7) is 3.28. The number of ether oxygens (including phenoxy) is 1. The van der Waals surface area contributed by atoms with E-state index in [9.17, 15) is 9.59 Å². The van der Waals surface area contributed by atoms with E-state index in [1.54, 1.807) is 19.3 Å². The number of amides is 1. The molecule has 1 aliphatic heterocycles. The van der Waals surface area contributed by atoms with Gasteiger partial charge in [0.2, 0.25) is 5.91 Å². The van der Waals surface area contributed by atoms with Gasteiger partial charge in [0.15, 0.2) is 0 Å². The summed E-state index contributed by atoms with van der Waals surface area (Å²) in [6.07, 6.45) is 2.88. The van der Waals surface area contributed by atoms with Gasteiger partial charge in [0, 0.05) is 45.7 Å². The topological polar surface area (TPSA) is 67.7 Å². The number of para-hydroxylation sites is 1. The lowest BCUT2D eigenvalue weighted by Gasteiger charge is -2.35. The fourth-order valence-electron chi connectivity index (χ4n) is 2.94. The Kier molecular flexibility index (Phi) is 5.88. The molecule has 1 saturated heterocycles. The molecular formula is C19H24N4O3. The van der Waals surface area contributed by atoms with Crippen LogP contribution in [-0.2, 0) is 11.8 Å². The number of benzene rings is 1. The molecule has 1 fully saturated rings. The fourth-order valence-corrected chi connectivity index (χ4v) is 2.94. The molecule has 0 N–H and O–H groups in total. The van der Waals surface area contributed by atoms with Gasteiger partial charge in [-0.25, -0.2) is 4.68 Å². The lowest BCUT2D eigenvalue weighted by atomic mass is 10.2. The monoisotopic (exact) mass is 356 g/mol. The maximum absolute atomic E-state index is 12.3. The minimum atomic E-state index is -0.126. The standard InChI is InChI=1S/C19H24N4O3/c1-21-19(25)14-16(15-20-21)22-9-11-23(12-10-22)18(24)8-5-13-26-17-6-3-2-4-7-17/h2-4,6-7,14-15H,5,8-13H2,1H3. The van der Waals surface area contributed by atoms with Crippen LogP contribution < -0.4 is 15.2 Å². The van der Waals surface area contributed by atoms with Crippen LogP contribution in [0, 0.1) is 0 Å². The highest BCUT2D eigenvalue weighted by molar-refractivity contribution is 5.76. The molecule has 2 heterocycles. The number of nitrogens with zero attached hydrogens (tertiary/aromatic N) is 4. The molecule has 7 heteroatoms. The number of carbonyl (C=O) groups is 1. The summed E-state index contributed by atoms with van der Waals surface area (Å²) < 4.78 is 6.93. The predicted octanol–water partition coefficient (Wildman–Crippen LogP) is 1.29. The Morgan fingerprint density at radius 2 is 1.88 bits per heavy atom. The SMILES string of the molecule is Cn1ncc(N2CCN(C(=O)CCCOc3ccccc3)CC2)cc1=O. The maximum atomic E-state index is 12.3. The smallest absolute Gasteiger partial charge is 0.268 e. The summed E-state index contributed by atoms with van der Waals surface area (Å²) in [6, 6.07) is 11.2. The van der Waals surface area contributed by atoms with Gasteiger partial charge in [-0.1, -0.05) is 18.2 Å². The van der Waals surface area contributed by atoms with E-state index in [-0.39, 0.29) is 11.5 Å². The van der Waals surface area contributed by atoms with Crippen molar-refractivity contribution in [2.24, 2.45) is 7.05 Å². The number of carbonyl (C=O) groups excluding carboxylic acids is 1. The van der Waals surface area contributed by atoms with Crippen LogP contribution in [0.5, 0.6) is 5.75 Å². The molecule has 138 valence electrons. The van der Waals surface area contributed by atoms with Crippen LogP contribution in [0.15, 0.2) is 47.4 Å². The van der Waals surface area contributed by atoms with E-state index < -0.39 is 0 Å². The second-order valence-corrected chi connectivity index (χ2v) is 6.31. The number of rotatable bonds is 6. The van der Waals surface area contributed by atoms with Gasteiger partial charge in [0.25, 0.3) is 5.56 Å². The molecule has 0 radical (unpaired) electrons. The maximum Gasteiger partial charge on any atom is 0.268 e. The first kappa shape index (κ1) is 18.0. The van der Waals surface area contributed by atoms with E-state index in [4.69, 9.17) is 4.74 Å². The first-order chi connectivity index (χ1) is 12.6. The van der Waals surface area contributed by atoms with Crippen LogP contribution in [0.3, 0.4) is 0 Å². The third-order valence-electron chi connectivity index (χ3n) is 4.50. The molecule has 0 bridgehead atoms. The molecule has 0 aliphatic carbocycles. The highest BCUT2D eigenvalue weighted by atomic mass is 16.5. The van der Waals surface area contributed by atoms with Crippen molar-refractivity contribution in [3.05, 3.63) is 52.9 Å². The van der Waals surface area contributed by atoms with E-state index in [1.165, 1.54) is 4.68 Å². The highest BCUT2D eigenvalue weighted by Crippen LogP contribution is 2.14. The first-order valence-corrected chi connectivity index (χ1v) is 8.87. The van der Waals surface area contributed by atoms with Gasteiger partial charge in [-0.3, -0.25) is 9.59 Å². The normalized spacial score (nSPS) is 14.3. The second kappa shape index (κ2) is 8.51. The minimum Gasteiger partial charge on any atom is -0.494 e. The summed E-state index contributed by atoms with van der Waals surface area (Å²) in [5.41, 5.74) is 0.691. The number of aromatic nitrogens is 2. The van der Waals surface area contributed by atoms with Crippen molar-refractivity contribution in [2.75, 3.05) is 37.7 Å². The number of hydrogen-bond acceptors (Lipinski definition) is 5. The number of hydrogen-bond donors (Lipinski definition) is 0. The molecule has 3 rings (SSSR count). The number of piperazine rings is 1. The molecular weight excluding hydrogens is 332 g/mol. The molecule has 0 spiro atoms. The molecule has 1 amide bonds. The molecule has 1 aromatic carbocycles. The Morgan fingerprint density at radius 3 is 2.58 bits per heavy atom. The average Bonchev–Trinajstić information content (AvgIpc) is 2.68. The van der Waals surface area contributed by atoms with Crippen LogP contribution >= 0.6 is 0 Å². The summed E-state index contributed by atoms with van der Waals surface area (Å²) in [4.78, 5) is 28.0. The molecule has 0 saturated carbocycles. The Hall–Kier alpha value is -2.83. The van der Waals surface area contributed by atoms with Crippen LogP contribution in [0.25, 0.3) is 0 Å². The summed E-state index contributed by atoms with van der Waals surface area (Å²) in [5.74, 6) is 0.986. The van der Waals surface area contributed by atoms with Crippen molar-refractivity contribution in [3.8, 4) is 5.75 Å². The summed E-state index contributed by atoms with van der Waals surface area (Å²) in [7, 11) is 1.63. The van der Waals surface area contributed by atoms with E-state index in [0.29, 0.717) is 45.6 Å². The summed E-state index contributed by atoms with van der Waals surface area (Å²) in [5, 5.41) is 4.05. The van der Waals surface area contributed by atoms with Crippen molar-refractivity contribution in [2.45, 2.75) is 12.8 Å². The lowest BCUT2D eigenvalue weighted by molar-refractivity contribution is -0.131. The van der Waals surface area contributed by atoms with E-state index in [0.717, 1.165) is 11.4 Å². The van der Waals surface area contributed by atoms with Gasteiger partial charge in [-0.05, 0) is 18.6 Å². The molecule has 0 unspecified atom stereocenters. The van der Waals surface area contributed by atoms with Crippen LogP contribution in [0.2, 0.25) is 0 Å². The molecule has 0 atom stereocenters. The van der Waals surface area contributed by atoms with E-state index >= 15 is 0 Å². The highest BCUT2D eigenvalue weighted by Gasteiger charge is 2.21. The van der Waals surface area contributed by atoms with Crippen molar-refractivity contribution in [3.63, 3.8) is 0 Å². The largest absolute Gasteiger partial charge is 0.494 e. The van der Waals surface area contributed by atoms with Gasteiger partial charge in [0.1, 0.15) is 5.75 Å². The van der Waals surface area contributed by atoms with Crippen molar-refractivity contribution >= 4 is 11.6 Å². The molecule has 1 aromatic heterocycles.